The molecule has 0 bridgehead atoms. The van der Waals surface area contributed by atoms with Gasteiger partial charge in [-0.05, 0) is 57.2 Å². The SMILES string of the molecule is CSC1=N[C@]2(C(=O)N(C)c3ccccc32)[C@@H](c2ccc(C)cc2)[C@]12C(=O)N(C(=O)OC(C)(C)C)c1ccccc12. The summed E-state index contributed by atoms with van der Waals surface area (Å²) in [6, 6.07) is 22.8. The van der Waals surface area contributed by atoms with Gasteiger partial charge >= 0.3 is 6.09 Å². The fourth-order valence-electron chi connectivity index (χ4n) is 6.54. The Labute approximate surface area is 238 Å². The summed E-state index contributed by atoms with van der Waals surface area (Å²) < 4.78 is 5.73. The van der Waals surface area contributed by atoms with E-state index in [1.54, 1.807) is 44.9 Å². The molecule has 0 saturated heterocycles. The second-order valence-corrected chi connectivity index (χ2v) is 12.4. The first-order valence-corrected chi connectivity index (χ1v) is 14.5. The first-order chi connectivity index (χ1) is 19.0. The number of para-hydroxylation sites is 2. The number of fused-ring (bicyclic) bond motifs is 4. The number of imide groups is 1. The van der Waals surface area contributed by atoms with Crippen LogP contribution in [0.5, 0.6) is 0 Å². The van der Waals surface area contributed by atoms with E-state index < -0.39 is 34.5 Å². The predicted molar refractivity (Wildman–Crippen MR) is 158 cm³/mol. The number of aryl methyl sites for hydroxylation is 1. The monoisotopic (exact) mass is 553 g/mol. The second-order valence-electron chi connectivity index (χ2n) is 11.6. The molecule has 0 saturated carbocycles. The van der Waals surface area contributed by atoms with Gasteiger partial charge in [-0.15, -0.1) is 11.8 Å². The number of hydrogen-bond acceptors (Lipinski definition) is 6. The van der Waals surface area contributed by atoms with Crippen molar-refractivity contribution in [3.05, 3.63) is 95.1 Å². The molecule has 3 aliphatic rings. The van der Waals surface area contributed by atoms with Crippen molar-refractivity contribution in [1.29, 1.82) is 0 Å². The zero-order valence-corrected chi connectivity index (χ0v) is 24.2. The maximum Gasteiger partial charge on any atom is 0.421 e. The number of thioether (sulfide) groups is 1. The van der Waals surface area contributed by atoms with Crippen LogP contribution in [0.3, 0.4) is 0 Å². The number of benzene rings is 3. The Kier molecular flexibility index (Phi) is 5.79. The number of amides is 3. The molecule has 0 radical (unpaired) electrons. The number of carbonyl (C=O) groups is 3. The summed E-state index contributed by atoms with van der Waals surface area (Å²) in [5.41, 5.74) is 0.819. The minimum atomic E-state index is -1.42. The van der Waals surface area contributed by atoms with E-state index in [2.05, 4.69) is 0 Å². The van der Waals surface area contributed by atoms with Crippen LogP contribution in [0.15, 0.2) is 77.8 Å². The van der Waals surface area contributed by atoms with Crippen molar-refractivity contribution < 1.29 is 19.1 Å². The fraction of sp³-hybridized carbons (Fsp3) is 0.312. The van der Waals surface area contributed by atoms with Gasteiger partial charge in [0.15, 0.2) is 5.54 Å². The molecule has 0 aromatic heterocycles. The maximum absolute atomic E-state index is 15.0. The molecule has 204 valence electrons. The molecule has 3 amide bonds. The van der Waals surface area contributed by atoms with Crippen LogP contribution in [-0.2, 0) is 25.3 Å². The highest BCUT2D eigenvalue weighted by atomic mass is 32.2. The molecule has 3 atom stereocenters. The van der Waals surface area contributed by atoms with E-state index in [-0.39, 0.29) is 5.91 Å². The van der Waals surface area contributed by atoms with Crippen molar-refractivity contribution in [3.63, 3.8) is 0 Å². The highest BCUT2D eigenvalue weighted by Gasteiger charge is 2.74. The lowest BCUT2D eigenvalue weighted by atomic mass is 9.61. The summed E-state index contributed by atoms with van der Waals surface area (Å²) in [5, 5.41) is 0.500. The van der Waals surface area contributed by atoms with Crippen LogP contribution in [0.4, 0.5) is 16.2 Å². The Hall–Kier alpha value is -3.91. The third-order valence-electron chi connectivity index (χ3n) is 8.06. The summed E-state index contributed by atoms with van der Waals surface area (Å²) in [6.45, 7) is 7.31. The summed E-state index contributed by atoms with van der Waals surface area (Å²) in [4.78, 5) is 51.1. The number of nitrogens with zero attached hydrogens (tertiary/aromatic N) is 3. The van der Waals surface area contributed by atoms with Crippen LogP contribution < -0.4 is 9.80 Å². The summed E-state index contributed by atoms with van der Waals surface area (Å²) in [5.74, 6) is -1.41. The summed E-state index contributed by atoms with van der Waals surface area (Å²) in [7, 11) is 1.75. The molecular weight excluding hydrogens is 522 g/mol. The standard InChI is InChI=1S/C32H31N3O4S/c1-19-15-17-20(18-16-19)25-31(21-11-7-10-14-24(21)35(27(31)36)29(38)39-30(2,3)4)26(40-6)33-32(25)22-12-8-9-13-23(22)34(5)28(32)37/h7-18,25H,1-6H3/t25-,31-,32-/m0/s1. The number of rotatable bonds is 1. The molecule has 0 unspecified atom stereocenters. The third-order valence-corrected chi connectivity index (χ3v) is 8.86. The van der Waals surface area contributed by atoms with Crippen molar-refractivity contribution in [2.24, 2.45) is 4.99 Å². The van der Waals surface area contributed by atoms with Crippen molar-refractivity contribution in [2.45, 2.75) is 50.2 Å². The van der Waals surface area contributed by atoms with Crippen LogP contribution in [-0.4, -0.2) is 41.9 Å². The van der Waals surface area contributed by atoms with Crippen LogP contribution in [0.1, 0.15) is 48.9 Å². The Bertz CT molecular complexity index is 1610. The lowest BCUT2D eigenvalue weighted by Gasteiger charge is -2.37. The lowest BCUT2D eigenvalue weighted by molar-refractivity contribution is -0.125. The summed E-state index contributed by atoms with van der Waals surface area (Å²) in [6.07, 6.45) is 1.12. The Balaban J connectivity index is 1.70. The van der Waals surface area contributed by atoms with Gasteiger partial charge in [0.05, 0.1) is 10.7 Å². The van der Waals surface area contributed by atoms with Crippen molar-refractivity contribution >= 4 is 46.1 Å². The van der Waals surface area contributed by atoms with Crippen LogP contribution >= 0.6 is 11.8 Å². The largest absolute Gasteiger partial charge is 0.443 e. The van der Waals surface area contributed by atoms with Gasteiger partial charge in [0.2, 0.25) is 0 Å². The highest BCUT2D eigenvalue weighted by Crippen LogP contribution is 2.66. The van der Waals surface area contributed by atoms with Gasteiger partial charge in [-0.1, -0.05) is 66.2 Å². The molecule has 2 spiro atoms. The highest BCUT2D eigenvalue weighted by molar-refractivity contribution is 8.13. The Morgan fingerprint density at radius 2 is 1.50 bits per heavy atom. The molecule has 3 aliphatic heterocycles. The van der Waals surface area contributed by atoms with Crippen molar-refractivity contribution in [1.82, 2.24) is 0 Å². The molecule has 6 rings (SSSR count). The number of aliphatic imine (C=N–C) groups is 1. The Morgan fingerprint density at radius 1 is 0.900 bits per heavy atom. The number of ether oxygens (including phenoxy) is 1. The number of anilines is 2. The number of hydrogen-bond donors (Lipinski definition) is 0. The van der Waals surface area contributed by atoms with Crippen LogP contribution in [0, 0.1) is 6.92 Å². The van der Waals surface area contributed by atoms with Gasteiger partial charge in [-0.3, -0.25) is 14.6 Å². The molecule has 8 heteroatoms. The van der Waals surface area contributed by atoms with E-state index in [9.17, 15) is 14.4 Å². The lowest BCUT2D eigenvalue weighted by Crippen LogP contribution is -2.53. The van der Waals surface area contributed by atoms with Crippen molar-refractivity contribution in [2.75, 3.05) is 23.1 Å². The van der Waals surface area contributed by atoms with E-state index in [1.807, 2.05) is 73.8 Å². The van der Waals surface area contributed by atoms with Crippen LogP contribution in [0.2, 0.25) is 0 Å². The number of carbonyl (C=O) groups excluding carboxylic acids is 3. The van der Waals surface area contributed by atoms with Gasteiger partial charge in [-0.25, -0.2) is 9.69 Å². The van der Waals surface area contributed by atoms with E-state index >= 15 is 0 Å². The van der Waals surface area contributed by atoms with Gasteiger partial charge < -0.3 is 9.64 Å². The zero-order chi connectivity index (χ0) is 28.6. The van der Waals surface area contributed by atoms with Gasteiger partial charge in [-0.2, -0.15) is 0 Å². The van der Waals surface area contributed by atoms with E-state index in [4.69, 9.17) is 9.73 Å². The molecule has 3 aromatic rings. The minimum absolute atomic E-state index is 0.205. The molecule has 7 nitrogen and oxygen atoms in total. The van der Waals surface area contributed by atoms with Crippen molar-refractivity contribution in [3.8, 4) is 0 Å². The van der Waals surface area contributed by atoms with E-state index in [1.165, 1.54) is 11.8 Å². The smallest absolute Gasteiger partial charge is 0.421 e. The van der Waals surface area contributed by atoms with Crippen LogP contribution in [0.25, 0.3) is 0 Å². The van der Waals surface area contributed by atoms with E-state index in [0.717, 1.165) is 27.3 Å². The average Bonchev–Trinajstić information content (AvgIpc) is 3.45. The molecule has 0 N–H and O–H groups in total. The topological polar surface area (TPSA) is 79.3 Å². The molecule has 0 fully saturated rings. The van der Waals surface area contributed by atoms with Gasteiger partial charge in [0, 0.05) is 24.2 Å². The second kappa shape index (κ2) is 8.80. The fourth-order valence-corrected chi connectivity index (χ4v) is 7.41. The third kappa shape index (κ3) is 3.32. The first kappa shape index (κ1) is 26.3. The van der Waals surface area contributed by atoms with Gasteiger partial charge in [0.1, 0.15) is 11.0 Å². The Morgan fingerprint density at radius 3 is 2.12 bits per heavy atom. The molecule has 0 aliphatic carbocycles. The first-order valence-electron chi connectivity index (χ1n) is 13.2. The minimum Gasteiger partial charge on any atom is -0.443 e. The molecule has 40 heavy (non-hydrogen) atoms. The maximum atomic E-state index is 15.0. The normalized spacial score (nSPS) is 25.1. The average molecular weight is 554 g/mol. The number of likely N-dealkylation sites (N-methyl/N-ethyl adjacent to an activating group) is 1. The zero-order valence-electron chi connectivity index (χ0n) is 23.4. The van der Waals surface area contributed by atoms with E-state index in [0.29, 0.717) is 16.3 Å². The molecular formula is C32H31N3O4S. The molecule has 3 aromatic carbocycles. The molecule has 3 heterocycles. The predicted octanol–water partition coefficient (Wildman–Crippen LogP) is 5.95. The van der Waals surface area contributed by atoms with Gasteiger partial charge in [0.25, 0.3) is 11.8 Å². The summed E-state index contributed by atoms with van der Waals surface area (Å²) >= 11 is 1.34. The quantitative estimate of drug-likeness (QED) is 0.372.